The van der Waals surface area contributed by atoms with Gasteiger partial charge < -0.3 is 0 Å². The highest BCUT2D eigenvalue weighted by Crippen LogP contribution is 1.79. The zero-order valence-corrected chi connectivity index (χ0v) is 4.27. The fraction of sp³-hybridized carbons (Fsp3) is 0.333. The Morgan fingerprint density at radius 3 is 2.50 bits per heavy atom. The number of carbonyl (C=O) groups is 1. The van der Waals surface area contributed by atoms with Crippen molar-refractivity contribution in [3.63, 3.8) is 0 Å². The summed E-state index contributed by atoms with van der Waals surface area (Å²) in [5.41, 5.74) is 0. The van der Waals surface area contributed by atoms with Crippen LogP contribution in [-0.4, -0.2) is 11.5 Å². The van der Waals surface area contributed by atoms with Crippen molar-refractivity contribution < 1.29 is 4.79 Å². The summed E-state index contributed by atoms with van der Waals surface area (Å²) < 4.78 is 0. The number of nitrogens with zero attached hydrogens (tertiary/aromatic N) is 1. The lowest BCUT2D eigenvalue weighted by molar-refractivity contribution is 0.268. The number of aliphatic imine (C=N–C) groups is 1. The maximum atomic E-state index is 9.71. The van der Waals surface area contributed by atoms with Crippen LogP contribution in [0, 0.1) is 0 Å². The third-order valence-corrected chi connectivity index (χ3v) is 0.355. The summed E-state index contributed by atoms with van der Waals surface area (Å²) in [4.78, 5) is 12.9. The lowest BCUT2D eigenvalue weighted by Gasteiger charge is -1.68. The van der Waals surface area contributed by atoms with Gasteiger partial charge in [-0.3, -0.25) is 4.79 Å². The summed E-state index contributed by atoms with van der Waals surface area (Å²) in [5, 5.41) is -0.447. The van der Waals surface area contributed by atoms with Gasteiger partial charge in [0.1, 0.15) is 0 Å². The maximum absolute atomic E-state index is 9.71. The zero-order chi connectivity index (χ0) is 4.99. The van der Waals surface area contributed by atoms with Crippen LogP contribution in [0.4, 0.5) is 4.79 Å². The molecule has 0 aromatic carbocycles. The predicted molar refractivity (Wildman–Crippen MR) is 28.5 cm³/mol. The van der Waals surface area contributed by atoms with E-state index in [1.165, 1.54) is 6.21 Å². The molecule has 0 aromatic heterocycles. The topological polar surface area (TPSA) is 29.4 Å². The van der Waals surface area contributed by atoms with Crippen LogP contribution in [-0.2, 0) is 0 Å². The molecule has 2 nitrogen and oxygen atoms in total. The monoisotopic (exact) mass is 103 g/mol. The second kappa shape index (κ2) is 2.90. The standard InChI is InChI=1S/C3H5NOS/c1-2-4-3(5)6/h2H,1H3,(H,5,6). The van der Waals surface area contributed by atoms with Crippen LogP contribution in [0.1, 0.15) is 6.92 Å². The maximum Gasteiger partial charge on any atom is 0.301 e. The summed E-state index contributed by atoms with van der Waals surface area (Å²) in [6.45, 7) is 1.66. The van der Waals surface area contributed by atoms with Gasteiger partial charge in [0.25, 0.3) is 0 Å². The first kappa shape index (κ1) is 5.69. The number of hydrogen-bond donors (Lipinski definition) is 1. The highest BCUT2D eigenvalue weighted by Gasteiger charge is 1.75. The molecule has 3 heteroatoms. The zero-order valence-electron chi connectivity index (χ0n) is 3.38. The third kappa shape index (κ3) is 3.69. The molecule has 1 amide bonds. The minimum atomic E-state index is -0.447. The molecule has 0 radical (unpaired) electrons. The molecule has 0 aliphatic carbocycles. The van der Waals surface area contributed by atoms with Gasteiger partial charge in [-0.05, 0) is 6.92 Å². The van der Waals surface area contributed by atoms with Gasteiger partial charge in [0.2, 0.25) is 0 Å². The van der Waals surface area contributed by atoms with Gasteiger partial charge in [0.05, 0.1) is 0 Å². The predicted octanol–water partition coefficient (Wildman–Crippen LogP) is 1.13. The molecule has 0 bridgehead atoms. The van der Waals surface area contributed by atoms with Crippen LogP contribution < -0.4 is 0 Å². The van der Waals surface area contributed by atoms with E-state index in [4.69, 9.17) is 0 Å². The van der Waals surface area contributed by atoms with E-state index in [2.05, 4.69) is 17.6 Å². The van der Waals surface area contributed by atoms with Crippen molar-refractivity contribution in [1.82, 2.24) is 0 Å². The van der Waals surface area contributed by atoms with Gasteiger partial charge in [-0.15, -0.1) is 0 Å². The van der Waals surface area contributed by atoms with Crippen LogP contribution in [0.15, 0.2) is 4.99 Å². The number of amides is 1. The Kier molecular flexibility index (Phi) is 2.75. The molecule has 0 aromatic rings. The molecule has 0 aliphatic heterocycles. The van der Waals surface area contributed by atoms with Crippen molar-refractivity contribution in [1.29, 1.82) is 0 Å². The van der Waals surface area contributed by atoms with Crippen LogP contribution >= 0.6 is 12.6 Å². The molecule has 0 aliphatic rings. The van der Waals surface area contributed by atoms with E-state index in [0.717, 1.165) is 0 Å². The SMILES string of the molecule is CC=NC(=O)S. The molecule has 0 spiro atoms. The summed E-state index contributed by atoms with van der Waals surface area (Å²) in [5.74, 6) is 0. The molecular formula is C3H5NOS. The molecule has 0 N–H and O–H groups in total. The van der Waals surface area contributed by atoms with Crippen LogP contribution in [0.2, 0.25) is 0 Å². The molecule has 6 heavy (non-hydrogen) atoms. The van der Waals surface area contributed by atoms with Crippen molar-refractivity contribution in [2.24, 2.45) is 4.99 Å². The molecular weight excluding hydrogens is 98.1 g/mol. The van der Waals surface area contributed by atoms with Crippen molar-refractivity contribution >= 4 is 24.1 Å². The van der Waals surface area contributed by atoms with E-state index < -0.39 is 5.24 Å². The Hall–Kier alpha value is -0.310. The number of thiol groups is 1. The fourth-order valence-electron chi connectivity index (χ4n) is 0.110. The second-order valence-corrected chi connectivity index (χ2v) is 1.05. The van der Waals surface area contributed by atoms with E-state index in [-0.39, 0.29) is 0 Å². The molecule has 34 valence electrons. The average molecular weight is 103 g/mol. The average Bonchev–Trinajstić information content (AvgIpc) is 1.35. The molecule has 0 saturated heterocycles. The third-order valence-electron chi connectivity index (χ3n) is 0.240. The Morgan fingerprint density at radius 2 is 2.50 bits per heavy atom. The first-order valence-corrected chi connectivity index (χ1v) is 1.93. The minimum absolute atomic E-state index is 0.447. The summed E-state index contributed by atoms with van der Waals surface area (Å²) >= 11 is 3.34. The van der Waals surface area contributed by atoms with Crippen molar-refractivity contribution in [3.8, 4) is 0 Å². The lowest BCUT2D eigenvalue weighted by atomic mass is 10.9. The van der Waals surface area contributed by atoms with Crippen LogP contribution in [0.25, 0.3) is 0 Å². The van der Waals surface area contributed by atoms with E-state index >= 15 is 0 Å². The molecule has 0 unspecified atom stereocenters. The van der Waals surface area contributed by atoms with Gasteiger partial charge in [0, 0.05) is 6.21 Å². The Morgan fingerprint density at radius 1 is 2.00 bits per heavy atom. The van der Waals surface area contributed by atoms with E-state index in [1.807, 2.05) is 0 Å². The van der Waals surface area contributed by atoms with Gasteiger partial charge >= 0.3 is 5.24 Å². The summed E-state index contributed by atoms with van der Waals surface area (Å²) in [7, 11) is 0. The van der Waals surface area contributed by atoms with E-state index in [0.29, 0.717) is 0 Å². The van der Waals surface area contributed by atoms with E-state index in [1.54, 1.807) is 6.92 Å². The van der Waals surface area contributed by atoms with Crippen molar-refractivity contribution in [2.75, 3.05) is 0 Å². The van der Waals surface area contributed by atoms with Gasteiger partial charge in [-0.2, -0.15) is 0 Å². The quantitative estimate of drug-likeness (QED) is 0.361. The van der Waals surface area contributed by atoms with Crippen LogP contribution in [0.5, 0.6) is 0 Å². The first-order valence-electron chi connectivity index (χ1n) is 1.49. The smallest absolute Gasteiger partial charge is 0.260 e. The Bertz CT molecular complexity index is 78.9. The number of hydrogen-bond acceptors (Lipinski definition) is 1. The van der Waals surface area contributed by atoms with Crippen LogP contribution in [0.3, 0.4) is 0 Å². The lowest BCUT2D eigenvalue weighted by Crippen LogP contribution is -1.70. The van der Waals surface area contributed by atoms with E-state index in [9.17, 15) is 4.79 Å². The second-order valence-electron chi connectivity index (χ2n) is 0.670. The highest BCUT2D eigenvalue weighted by molar-refractivity contribution is 7.96. The normalized spacial score (nSPS) is 9.67. The summed E-state index contributed by atoms with van der Waals surface area (Å²) in [6.07, 6.45) is 1.40. The minimum Gasteiger partial charge on any atom is -0.260 e. The fourth-order valence-corrected chi connectivity index (χ4v) is 0.226. The molecule has 0 saturated carbocycles. The summed E-state index contributed by atoms with van der Waals surface area (Å²) in [6, 6.07) is 0. The first-order chi connectivity index (χ1) is 2.77. The van der Waals surface area contributed by atoms with Gasteiger partial charge in [-0.25, -0.2) is 4.99 Å². The Labute approximate surface area is 41.7 Å². The Balaban J connectivity index is 3.30. The highest BCUT2D eigenvalue weighted by atomic mass is 32.1. The molecule has 0 atom stereocenters. The van der Waals surface area contributed by atoms with Gasteiger partial charge in [-0.1, -0.05) is 12.6 Å². The van der Waals surface area contributed by atoms with Gasteiger partial charge in [0.15, 0.2) is 0 Å². The molecule has 0 fully saturated rings. The number of carbonyl (C=O) groups excluding carboxylic acids is 1. The largest absolute Gasteiger partial charge is 0.301 e. The molecule has 0 heterocycles. The van der Waals surface area contributed by atoms with Crippen molar-refractivity contribution in [2.45, 2.75) is 6.92 Å². The van der Waals surface area contributed by atoms with Crippen molar-refractivity contribution in [3.05, 3.63) is 0 Å². The number of rotatable bonds is 0. The molecule has 0 rings (SSSR count).